The zero-order valence-corrected chi connectivity index (χ0v) is 12.6. The van der Waals surface area contributed by atoms with Gasteiger partial charge >= 0.3 is 12.0 Å². The number of aromatic carboxylic acids is 1. The molecule has 1 fully saturated rings. The summed E-state index contributed by atoms with van der Waals surface area (Å²) in [5.41, 5.74) is 0.416. The number of rotatable bonds is 4. The number of hydrogen-bond acceptors (Lipinski definition) is 2. The van der Waals surface area contributed by atoms with Crippen LogP contribution in [0.4, 0.5) is 10.5 Å². The number of anilines is 1. The van der Waals surface area contributed by atoms with Gasteiger partial charge in [-0.3, -0.25) is 0 Å². The van der Waals surface area contributed by atoms with Crippen LogP contribution in [0.5, 0.6) is 0 Å². The van der Waals surface area contributed by atoms with E-state index in [-0.39, 0.29) is 16.6 Å². The number of halogens is 1. The van der Waals surface area contributed by atoms with Crippen molar-refractivity contribution in [3.8, 4) is 0 Å². The molecule has 0 radical (unpaired) electrons. The molecule has 6 heteroatoms. The van der Waals surface area contributed by atoms with Crippen molar-refractivity contribution >= 4 is 29.3 Å². The van der Waals surface area contributed by atoms with Crippen molar-refractivity contribution in [1.29, 1.82) is 0 Å². The van der Waals surface area contributed by atoms with Crippen molar-refractivity contribution in [2.45, 2.75) is 26.2 Å². The third-order valence-corrected chi connectivity index (χ3v) is 3.98. The summed E-state index contributed by atoms with van der Waals surface area (Å²) in [6.07, 6.45) is 3.49. The highest BCUT2D eigenvalue weighted by molar-refractivity contribution is 6.31. The first-order chi connectivity index (χ1) is 9.94. The first kappa shape index (κ1) is 15.6. The molecule has 0 bridgehead atoms. The molecule has 2 rings (SSSR count). The highest BCUT2D eigenvalue weighted by Gasteiger charge is 2.21. The van der Waals surface area contributed by atoms with Crippen molar-refractivity contribution in [2.24, 2.45) is 11.8 Å². The van der Waals surface area contributed by atoms with E-state index in [1.54, 1.807) is 0 Å². The number of hydrogen-bond donors (Lipinski definition) is 3. The van der Waals surface area contributed by atoms with E-state index < -0.39 is 5.97 Å². The van der Waals surface area contributed by atoms with E-state index >= 15 is 0 Å². The van der Waals surface area contributed by atoms with Crippen LogP contribution in [0, 0.1) is 11.8 Å². The molecule has 0 saturated heterocycles. The minimum atomic E-state index is -1.08. The number of benzene rings is 1. The predicted molar refractivity (Wildman–Crippen MR) is 81.9 cm³/mol. The van der Waals surface area contributed by atoms with E-state index in [1.165, 1.54) is 24.6 Å². The molecule has 114 valence electrons. The van der Waals surface area contributed by atoms with Crippen LogP contribution in [0.3, 0.4) is 0 Å². The van der Waals surface area contributed by atoms with E-state index in [0.717, 1.165) is 18.8 Å². The Labute approximate surface area is 128 Å². The van der Waals surface area contributed by atoms with Crippen molar-refractivity contribution in [2.75, 3.05) is 11.9 Å². The van der Waals surface area contributed by atoms with Crippen LogP contribution in [0.2, 0.25) is 5.02 Å². The van der Waals surface area contributed by atoms with Crippen LogP contribution >= 0.6 is 11.6 Å². The second kappa shape index (κ2) is 6.80. The molecule has 1 saturated carbocycles. The zero-order valence-electron chi connectivity index (χ0n) is 11.9. The fourth-order valence-electron chi connectivity index (χ4n) is 2.71. The number of carbonyl (C=O) groups is 2. The Morgan fingerprint density at radius 3 is 2.71 bits per heavy atom. The van der Waals surface area contributed by atoms with Crippen molar-refractivity contribution in [3.05, 3.63) is 28.8 Å². The topological polar surface area (TPSA) is 78.4 Å². The molecule has 3 N–H and O–H groups in total. The van der Waals surface area contributed by atoms with Crippen molar-refractivity contribution in [1.82, 2.24) is 5.32 Å². The van der Waals surface area contributed by atoms with Gasteiger partial charge in [0, 0.05) is 17.3 Å². The van der Waals surface area contributed by atoms with Gasteiger partial charge in [0.15, 0.2) is 0 Å². The van der Waals surface area contributed by atoms with Crippen LogP contribution in [-0.4, -0.2) is 23.7 Å². The quantitative estimate of drug-likeness (QED) is 0.795. The van der Waals surface area contributed by atoms with Crippen LogP contribution < -0.4 is 10.6 Å². The second-order valence-electron chi connectivity index (χ2n) is 5.65. The van der Waals surface area contributed by atoms with Gasteiger partial charge in [-0.2, -0.15) is 0 Å². The first-order valence-electron chi connectivity index (χ1n) is 7.03. The Bertz CT molecular complexity index is 548. The molecule has 21 heavy (non-hydrogen) atoms. The lowest BCUT2D eigenvalue weighted by molar-refractivity contribution is 0.0697. The monoisotopic (exact) mass is 310 g/mol. The summed E-state index contributed by atoms with van der Waals surface area (Å²) in [4.78, 5) is 22.8. The van der Waals surface area contributed by atoms with E-state index in [1.807, 2.05) is 0 Å². The van der Waals surface area contributed by atoms with Gasteiger partial charge in [0.05, 0.1) is 5.56 Å². The van der Waals surface area contributed by atoms with Gasteiger partial charge in [-0.05, 0) is 42.9 Å². The summed E-state index contributed by atoms with van der Waals surface area (Å²) in [5.74, 6) is 0.173. The third-order valence-electron chi connectivity index (χ3n) is 3.76. The Kier molecular flexibility index (Phi) is 5.07. The van der Waals surface area contributed by atoms with Crippen LogP contribution in [0.15, 0.2) is 18.2 Å². The molecule has 2 unspecified atom stereocenters. The van der Waals surface area contributed by atoms with Gasteiger partial charge in [-0.1, -0.05) is 24.9 Å². The molecule has 0 spiro atoms. The predicted octanol–water partition coefficient (Wildman–Crippen LogP) is 3.60. The molecule has 1 aromatic rings. The molecule has 0 heterocycles. The number of nitrogens with one attached hydrogen (secondary N) is 2. The molecule has 5 nitrogen and oxygen atoms in total. The van der Waals surface area contributed by atoms with Gasteiger partial charge in [0.25, 0.3) is 0 Å². The summed E-state index contributed by atoms with van der Waals surface area (Å²) >= 11 is 5.84. The lowest BCUT2D eigenvalue weighted by Gasteiger charge is -2.12. The fraction of sp³-hybridized carbons (Fsp3) is 0.467. The maximum atomic E-state index is 11.8. The minimum Gasteiger partial charge on any atom is -0.478 e. The molecular weight excluding hydrogens is 292 g/mol. The lowest BCUT2D eigenvalue weighted by Crippen LogP contribution is -2.32. The van der Waals surface area contributed by atoms with Crippen LogP contribution in [0.1, 0.15) is 36.5 Å². The Balaban J connectivity index is 1.89. The number of urea groups is 1. The molecule has 1 aromatic carbocycles. The van der Waals surface area contributed by atoms with E-state index in [2.05, 4.69) is 17.6 Å². The number of carbonyl (C=O) groups excluding carboxylic acids is 1. The summed E-state index contributed by atoms with van der Waals surface area (Å²) in [5, 5.41) is 14.7. The van der Waals surface area contributed by atoms with Gasteiger partial charge in [-0.15, -0.1) is 0 Å². The standard InChI is InChI=1S/C15H19ClN2O3/c1-9-2-3-10(4-9)8-17-15(21)18-13-6-11(14(19)20)5-12(16)7-13/h5-7,9-10H,2-4,8H2,1H3,(H,19,20)(H2,17,18,21). The summed E-state index contributed by atoms with van der Waals surface area (Å²) in [7, 11) is 0. The lowest BCUT2D eigenvalue weighted by atomic mass is 10.1. The van der Waals surface area contributed by atoms with Crippen molar-refractivity contribution in [3.63, 3.8) is 0 Å². The highest BCUT2D eigenvalue weighted by Crippen LogP contribution is 2.29. The normalized spacial score (nSPS) is 21.0. The van der Waals surface area contributed by atoms with Crippen LogP contribution in [-0.2, 0) is 0 Å². The van der Waals surface area contributed by atoms with Gasteiger partial charge in [0.2, 0.25) is 0 Å². The zero-order chi connectivity index (χ0) is 15.4. The Morgan fingerprint density at radius 2 is 2.10 bits per heavy atom. The summed E-state index contributed by atoms with van der Waals surface area (Å²) in [6.45, 7) is 2.86. The number of amides is 2. The Hall–Kier alpha value is -1.75. The average molecular weight is 311 g/mol. The fourth-order valence-corrected chi connectivity index (χ4v) is 2.94. The minimum absolute atomic E-state index is 0.0439. The van der Waals surface area contributed by atoms with E-state index in [0.29, 0.717) is 18.2 Å². The second-order valence-corrected chi connectivity index (χ2v) is 6.09. The van der Waals surface area contributed by atoms with E-state index in [9.17, 15) is 9.59 Å². The third kappa shape index (κ3) is 4.63. The van der Waals surface area contributed by atoms with Crippen molar-refractivity contribution < 1.29 is 14.7 Å². The van der Waals surface area contributed by atoms with E-state index in [4.69, 9.17) is 16.7 Å². The SMILES string of the molecule is CC1CCC(CNC(=O)Nc2cc(Cl)cc(C(=O)O)c2)C1. The average Bonchev–Trinajstić information content (AvgIpc) is 2.81. The maximum Gasteiger partial charge on any atom is 0.335 e. The molecule has 0 aliphatic heterocycles. The smallest absolute Gasteiger partial charge is 0.335 e. The maximum absolute atomic E-state index is 11.8. The molecule has 2 amide bonds. The summed E-state index contributed by atoms with van der Waals surface area (Å²) in [6, 6.07) is 3.90. The molecule has 1 aliphatic rings. The summed E-state index contributed by atoms with van der Waals surface area (Å²) < 4.78 is 0. The Morgan fingerprint density at radius 1 is 1.33 bits per heavy atom. The molecule has 0 aromatic heterocycles. The highest BCUT2D eigenvalue weighted by atomic mass is 35.5. The van der Waals surface area contributed by atoms with Gasteiger partial charge in [0.1, 0.15) is 0 Å². The molecular formula is C15H19ClN2O3. The van der Waals surface area contributed by atoms with Gasteiger partial charge in [-0.25, -0.2) is 9.59 Å². The van der Waals surface area contributed by atoms with Gasteiger partial charge < -0.3 is 15.7 Å². The number of carboxylic acids is 1. The first-order valence-corrected chi connectivity index (χ1v) is 7.40. The number of carboxylic acid groups (broad SMARTS) is 1. The molecule has 2 atom stereocenters. The molecule has 1 aliphatic carbocycles. The van der Waals surface area contributed by atoms with Crippen LogP contribution in [0.25, 0.3) is 0 Å². The largest absolute Gasteiger partial charge is 0.478 e.